The summed E-state index contributed by atoms with van der Waals surface area (Å²) in [6.45, 7) is 6.00. The molecule has 0 aliphatic heterocycles. The summed E-state index contributed by atoms with van der Waals surface area (Å²) in [6, 6.07) is 0. The number of esters is 2. The molecular weight excluding hydrogens is 352 g/mol. The number of ether oxygens (including phenoxy) is 2. The molecule has 28 heavy (non-hydrogen) atoms. The molecule has 0 spiro atoms. The highest BCUT2D eigenvalue weighted by Crippen LogP contribution is 2.53. The molecule has 0 saturated heterocycles. The highest BCUT2D eigenvalue weighted by Gasteiger charge is 2.56. The van der Waals surface area contributed by atoms with E-state index in [9.17, 15) is 9.59 Å². The monoisotopic (exact) mass is 390 g/mol. The van der Waals surface area contributed by atoms with Gasteiger partial charge in [0.25, 0.3) is 0 Å². The van der Waals surface area contributed by atoms with Gasteiger partial charge < -0.3 is 9.47 Å². The predicted molar refractivity (Wildman–Crippen MR) is 107 cm³/mol. The van der Waals surface area contributed by atoms with Gasteiger partial charge in [-0.2, -0.15) is 0 Å². The van der Waals surface area contributed by atoms with Crippen molar-refractivity contribution in [1.29, 1.82) is 0 Å². The fourth-order valence-electron chi connectivity index (χ4n) is 7.14. The Morgan fingerprint density at radius 1 is 0.893 bits per heavy atom. The van der Waals surface area contributed by atoms with Crippen molar-refractivity contribution >= 4 is 11.9 Å². The highest BCUT2D eigenvalue weighted by atomic mass is 16.6. The first-order valence-corrected chi connectivity index (χ1v) is 11.8. The van der Waals surface area contributed by atoms with Crippen LogP contribution in [0.1, 0.15) is 85.0 Å². The number of carbonyl (C=O) groups is 2. The molecule has 6 aliphatic carbocycles. The summed E-state index contributed by atoms with van der Waals surface area (Å²) in [5.74, 6) is 2.45. The van der Waals surface area contributed by atoms with Crippen molar-refractivity contribution in [2.75, 3.05) is 6.61 Å². The van der Waals surface area contributed by atoms with Crippen LogP contribution in [0.15, 0.2) is 0 Å². The van der Waals surface area contributed by atoms with Crippen LogP contribution in [0.5, 0.6) is 0 Å². The largest absolute Gasteiger partial charge is 0.465 e. The average molecular weight is 391 g/mol. The van der Waals surface area contributed by atoms with Gasteiger partial charge in [0.05, 0.1) is 6.61 Å². The first-order chi connectivity index (χ1) is 13.4. The third kappa shape index (κ3) is 3.50. The minimum atomic E-state index is -1.15. The summed E-state index contributed by atoms with van der Waals surface area (Å²) >= 11 is 0. The summed E-state index contributed by atoms with van der Waals surface area (Å²) in [4.78, 5) is 26.5. The number of hydrogen-bond donors (Lipinski definition) is 0. The van der Waals surface area contributed by atoms with Gasteiger partial charge in [-0.15, -0.1) is 0 Å². The Labute approximate surface area is 170 Å². The lowest BCUT2D eigenvalue weighted by atomic mass is 9.56. The van der Waals surface area contributed by atoms with E-state index < -0.39 is 5.41 Å². The van der Waals surface area contributed by atoms with Gasteiger partial charge in [-0.3, -0.25) is 9.59 Å². The molecule has 0 N–H and O–H groups in total. The van der Waals surface area contributed by atoms with Crippen LogP contribution in [0.3, 0.4) is 0 Å². The summed E-state index contributed by atoms with van der Waals surface area (Å²) in [5, 5.41) is 0. The third-order valence-electron chi connectivity index (χ3n) is 8.91. The van der Waals surface area contributed by atoms with Gasteiger partial charge in [0.15, 0.2) is 5.41 Å². The molecular formula is C24H38O4. The number of carbonyl (C=O) groups excluding carboxylic acids is 2. The van der Waals surface area contributed by atoms with Gasteiger partial charge in [0.1, 0.15) is 6.10 Å². The quantitative estimate of drug-likeness (QED) is 0.465. The molecule has 4 unspecified atom stereocenters. The molecule has 0 radical (unpaired) electrons. The molecule has 0 aromatic rings. The van der Waals surface area contributed by atoms with Crippen LogP contribution in [0.2, 0.25) is 0 Å². The molecule has 4 bridgehead atoms. The van der Waals surface area contributed by atoms with E-state index in [-0.39, 0.29) is 24.0 Å². The molecule has 0 aromatic carbocycles. The lowest BCUT2D eigenvalue weighted by Crippen LogP contribution is -2.52. The van der Waals surface area contributed by atoms with Gasteiger partial charge in [0.2, 0.25) is 0 Å². The fraction of sp³-hybridized carbons (Fsp3) is 0.917. The predicted octanol–water partition coefficient (Wildman–Crippen LogP) is 5.14. The minimum Gasteiger partial charge on any atom is -0.465 e. The summed E-state index contributed by atoms with van der Waals surface area (Å²) in [7, 11) is 0. The smallest absolute Gasteiger partial charge is 0.323 e. The van der Waals surface area contributed by atoms with Crippen molar-refractivity contribution in [2.45, 2.75) is 91.1 Å². The van der Waals surface area contributed by atoms with Crippen molar-refractivity contribution in [3.63, 3.8) is 0 Å². The summed E-state index contributed by atoms with van der Waals surface area (Å²) < 4.78 is 11.5. The van der Waals surface area contributed by atoms with Crippen LogP contribution in [0.4, 0.5) is 0 Å². The van der Waals surface area contributed by atoms with Crippen LogP contribution < -0.4 is 0 Å². The first kappa shape index (κ1) is 20.2. The van der Waals surface area contributed by atoms with Crippen LogP contribution in [-0.4, -0.2) is 24.6 Å². The van der Waals surface area contributed by atoms with Crippen molar-refractivity contribution in [3.05, 3.63) is 0 Å². The van der Waals surface area contributed by atoms with E-state index in [1.54, 1.807) is 0 Å². The Balaban J connectivity index is 1.51. The topological polar surface area (TPSA) is 52.6 Å². The van der Waals surface area contributed by atoms with E-state index >= 15 is 0 Å². The van der Waals surface area contributed by atoms with E-state index in [0.29, 0.717) is 30.3 Å². The van der Waals surface area contributed by atoms with Gasteiger partial charge in [0, 0.05) is 0 Å². The maximum Gasteiger partial charge on any atom is 0.323 e. The SMILES string of the molecule is CCOC(=O)C(C)(C(=O)OC(C)C1CC2CCC1CC2)C1CC2CCC1CC2. The highest BCUT2D eigenvalue weighted by molar-refractivity contribution is 6.00. The number of fused-ring (bicyclic) bond motifs is 6. The van der Waals surface area contributed by atoms with E-state index in [1.807, 2.05) is 13.8 Å². The van der Waals surface area contributed by atoms with Gasteiger partial charge in [-0.1, -0.05) is 25.7 Å². The molecule has 0 heterocycles. The normalized spacial score (nSPS) is 39.8. The van der Waals surface area contributed by atoms with Crippen LogP contribution >= 0.6 is 0 Å². The van der Waals surface area contributed by atoms with E-state index in [4.69, 9.17) is 9.47 Å². The molecule has 6 fully saturated rings. The fourth-order valence-corrected chi connectivity index (χ4v) is 7.14. The van der Waals surface area contributed by atoms with Gasteiger partial charge in [-0.05, 0) is 94.8 Å². The Kier molecular flexibility index (Phi) is 5.77. The van der Waals surface area contributed by atoms with E-state index in [1.165, 1.54) is 44.9 Å². The van der Waals surface area contributed by atoms with Crippen molar-refractivity contribution in [3.8, 4) is 0 Å². The van der Waals surface area contributed by atoms with E-state index in [0.717, 1.165) is 25.2 Å². The van der Waals surface area contributed by atoms with Crippen molar-refractivity contribution in [2.24, 2.45) is 40.9 Å². The first-order valence-electron chi connectivity index (χ1n) is 11.8. The molecule has 6 rings (SSSR count). The lowest BCUT2D eigenvalue weighted by Gasteiger charge is -2.49. The molecule has 4 nitrogen and oxygen atoms in total. The molecule has 6 aliphatic rings. The van der Waals surface area contributed by atoms with Gasteiger partial charge >= 0.3 is 11.9 Å². The minimum absolute atomic E-state index is 0.0709. The zero-order valence-corrected chi connectivity index (χ0v) is 18.0. The second-order valence-corrected chi connectivity index (χ2v) is 10.3. The second kappa shape index (κ2) is 7.99. The second-order valence-electron chi connectivity index (χ2n) is 10.3. The average Bonchev–Trinajstić information content (AvgIpc) is 2.74. The van der Waals surface area contributed by atoms with Crippen LogP contribution in [-0.2, 0) is 19.1 Å². The van der Waals surface area contributed by atoms with E-state index in [2.05, 4.69) is 6.92 Å². The zero-order valence-electron chi connectivity index (χ0n) is 18.0. The Bertz CT molecular complexity index is 585. The van der Waals surface area contributed by atoms with Crippen LogP contribution in [0, 0.1) is 40.9 Å². The lowest BCUT2D eigenvalue weighted by molar-refractivity contribution is -0.187. The third-order valence-corrected chi connectivity index (χ3v) is 8.91. The maximum absolute atomic E-state index is 13.5. The molecule has 0 amide bonds. The molecule has 6 saturated carbocycles. The zero-order chi connectivity index (χ0) is 19.9. The molecule has 4 atom stereocenters. The Morgan fingerprint density at radius 2 is 1.46 bits per heavy atom. The number of rotatable bonds is 6. The van der Waals surface area contributed by atoms with Crippen LogP contribution in [0.25, 0.3) is 0 Å². The van der Waals surface area contributed by atoms with Crippen molar-refractivity contribution in [1.82, 2.24) is 0 Å². The number of hydrogen-bond acceptors (Lipinski definition) is 4. The maximum atomic E-state index is 13.5. The van der Waals surface area contributed by atoms with Crippen molar-refractivity contribution < 1.29 is 19.1 Å². The summed E-state index contributed by atoms with van der Waals surface area (Å²) in [5.41, 5.74) is -1.15. The summed E-state index contributed by atoms with van der Waals surface area (Å²) in [6.07, 6.45) is 12.1. The Hall–Kier alpha value is -1.06. The molecule has 0 aromatic heterocycles. The molecule has 158 valence electrons. The molecule has 4 heteroatoms. The standard InChI is InChI=1S/C24H38O4/c1-4-27-22(25)24(3,21-14-17-7-11-19(21)12-8-17)23(26)28-15(2)20-13-16-5-9-18(20)10-6-16/h15-21H,4-14H2,1-3H3. The van der Waals surface area contributed by atoms with Gasteiger partial charge in [-0.25, -0.2) is 0 Å². The Morgan fingerprint density at radius 3 is 1.93 bits per heavy atom.